The quantitative estimate of drug-likeness (QED) is 0.716. The van der Waals surface area contributed by atoms with Gasteiger partial charge in [-0.2, -0.15) is 0 Å². The van der Waals surface area contributed by atoms with Gasteiger partial charge in [-0.1, -0.05) is 30.3 Å². The maximum absolute atomic E-state index is 11.8. The number of rotatable bonds is 1. The summed E-state index contributed by atoms with van der Waals surface area (Å²) in [6.07, 6.45) is 0.471. The molecule has 1 fully saturated rings. The maximum Gasteiger partial charge on any atom is 0.219 e. The number of benzene rings is 1. The van der Waals surface area contributed by atoms with Crippen molar-refractivity contribution in [1.82, 2.24) is 4.90 Å². The number of ketones is 1. The molecule has 0 bridgehead atoms. The molecule has 0 aliphatic carbocycles. The zero-order valence-electron chi connectivity index (χ0n) is 9.35. The first-order valence-corrected chi connectivity index (χ1v) is 5.51. The van der Waals surface area contributed by atoms with Crippen LogP contribution in [0.15, 0.2) is 30.3 Å². The molecule has 0 spiro atoms. The van der Waals surface area contributed by atoms with Crippen LogP contribution in [0.4, 0.5) is 0 Å². The highest BCUT2D eigenvalue weighted by molar-refractivity contribution is 5.88. The van der Waals surface area contributed by atoms with Crippen LogP contribution in [0.3, 0.4) is 0 Å². The topological polar surface area (TPSA) is 37.4 Å². The molecular formula is C13H15NO2. The molecular weight excluding hydrogens is 202 g/mol. The van der Waals surface area contributed by atoms with E-state index in [0.717, 1.165) is 5.56 Å². The molecule has 1 amide bonds. The van der Waals surface area contributed by atoms with Gasteiger partial charge in [-0.3, -0.25) is 9.59 Å². The van der Waals surface area contributed by atoms with Crippen molar-refractivity contribution in [3.8, 4) is 0 Å². The van der Waals surface area contributed by atoms with Crippen LogP contribution in [0, 0.1) is 0 Å². The summed E-state index contributed by atoms with van der Waals surface area (Å²) in [5.41, 5.74) is 1.01. The van der Waals surface area contributed by atoms with Crippen molar-refractivity contribution in [1.29, 1.82) is 0 Å². The van der Waals surface area contributed by atoms with Crippen LogP contribution >= 0.6 is 0 Å². The molecule has 1 heterocycles. The van der Waals surface area contributed by atoms with Crippen LogP contribution in [-0.4, -0.2) is 29.7 Å². The average molecular weight is 217 g/mol. The number of hydrogen-bond acceptors (Lipinski definition) is 2. The maximum atomic E-state index is 11.8. The van der Waals surface area contributed by atoms with Gasteiger partial charge < -0.3 is 4.90 Å². The Bertz CT molecular complexity index is 400. The van der Waals surface area contributed by atoms with Gasteiger partial charge in [-0.25, -0.2) is 0 Å². The first-order valence-electron chi connectivity index (χ1n) is 5.51. The van der Waals surface area contributed by atoms with Crippen molar-refractivity contribution in [3.05, 3.63) is 35.9 Å². The van der Waals surface area contributed by atoms with Gasteiger partial charge in [0, 0.05) is 26.4 Å². The van der Waals surface area contributed by atoms with Crippen molar-refractivity contribution in [2.24, 2.45) is 0 Å². The average Bonchev–Trinajstić information content (AvgIpc) is 2.30. The smallest absolute Gasteiger partial charge is 0.219 e. The lowest BCUT2D eigenvalue weighted by Crippen LogP contribution is -2.41. The fourth-order valence-corrected chi connectivity index (χ4v) is 2.10. The summed E-state index contributed by atoms with van der Waals surface area (Å²) in [6.45, 7) is 2.65. The summed E-state index contributed by atoms with van der Waals surface area (Å²) < 4.78 is 0. The molecule has 0 radical (unpaired) electrons. The molecule has 1 atom stereocenters. The van der Waals surface area contributed by atoms with E-state index >= 15 is 0 Å². The van der Waals surface area contributed by atoms with E-state index in [9.17, 15) is 9.59 Å². The van der Waals surface area contributed by atoms with E-state index in [2.05, 4.69) is 0 Å². The summed E-state index contributed by atoms with van der Waals surface area (Å²) >= 11 is 0. The van der Waals surface area contributed by atoms with Gasteiger partial charge in [0.25, 0.3) is 0 Å². The molecule has 16 heavy (non-hydrogen) atoms. The van der Waals surface area contributed by atoms with E-state index in [1.165, 1.54) is 0 Å². The molecule has 1 aliphatic heterocycles. The molecule has 0 N–H and O–H groups in total. The van der Waals surface area contributed by atoms with E-state index in [1.807, 2.05) is 30.3 Å². The minimum atomic E-state index is -0.140. The Balaban J connectivity index is 2.19. The van der Waals surface area contributed by atoms with E-state index in [-0.39, 0.29) is 17.6 Å². The lowest BCUT2D eigenvalue weighted by Gasteiger charge is -2.31. The van der Waals surface area contributed by atoms with E-state index < -0.39 is 0 Å². The Morgan fingerprint density at radius 1 is 1.31 bits per heavy atom. The standard InChI is InChI=1S/C13H15NO2/c1-10(15)14-8-7-13(16)12(9-14)11-5-3-2-4-6-11/h2-6,12H,7-9H2,1H3. The van der Waals surface area contributed by atoms with Crippen molar-refractivity contribution in [2.75, 3.05) is 13.1 Å². The Morgan fingerprint density at radius 3 is 2.62 bits per heavy atom. The minimum absolute atomic E-state index is 0.0495. The minimum Gasteiger partial charge on any atom is -0.341 e. The normalized spacial score (nSPS) is 20.9. The Morgan fingerprint density at radius 2 is 2.00 bits per heavy atom. The van der Waals surface area contributed by atoms with Gasteiger partial charge in [0.2, 0.25) is 5.91 Å². The third-order valence-corrected chi connectivity index (χ3v) is 3.07. The summed E-state index contributed by atoms with van der Waals surface area (Å²) in [6, 6.07) is 9.68. The second kappa shape index (κ2) is 4.47. The molecule has 3 nitrogen and oxygen atoms in total. The second-order valence-electron chi connectivity index (χ2n) is 4.14. The molecule has 1 unspecified atom stereocenters. The van der Waals surface area contributed by atoms with Crippen LogP contribution in [0.25, 0.3) is 0 Å². The summed E-state index contributed by atoms with van der Waals surface area (Å²) in [5, 5.41) is 0. The molecule has 2 rings (SSSR count). The van der Waals surface area contributed by atoms with Crippen LogP contribution < -0.4 is 0 Å². The first kappa shape index (κ1) is 10.9. The number of likely N-dealkylation sites (tertiary alicyclic amines) is 1. The van der Waals surface area contributed by atoms with Crippen molar-refractivity contribution >= 4 is 11.7 Å². The highest BCUT2D eigenvalue weighted by Gasteiger charge is 2.29. The summed E-state index contributed by atoms with van der Waals surface area (Å²) in [4.78, 5) is 24.9. The molecule has 1 aromatic carbocycles. The van der Waals surface area contributed by atoms with Crippen LogP contribution in [0.1, 0.15) is 24.8 Å². The van der Waals surface area contributed by atoms with Crippen molar-refractivity contribution in [2.45, 2.75) is 19.3 Å². The van der Waals surface area contributed by atoms with E-state index in [1.54, 1.807) is 11.8 Å². The van der Waals surface area contributed by atoms with Crippen LogP contribution in [0.2, 0.25) is 0 Å². The fraction of sp³-hybridized carbons (Fsp3) is 0.385. The predicted octanol–water partition coefficient (Wildman–Crippen LogP) is 1.59. The first-order chi connectivity index (χ1) is 7.68. The second-order valence-corrected chi connectivity index (χ2v) is 4.14. The molecule has 3 heteroatoms. The molecule has 0 saturated carbocycles. The predicted molar refractivity (Wildman–Crippen MR) is 61.1 cm³/mol. The lowest BCUT2D eigenvalue weighted by atomic mass is 9.89. The number of carbonyl (C=O) groups excluding carboxylic acids is 2. The Hall–Kier alpha value is -1.64. The summed E-state index contributed by atoms with van der Waals surface area (Å²) in [5.74, 6) is 0.149. The highest BCUT2D eigenvalue weighted by Crippen LogP contribution is 2.23. The lowest BCUT2D eigenvalue weighted by molar-refractivity contribution is -0.133. The van der Waals surface area contributed by atoms with Crippen molar-refractivity contribution < 1.29 is 9.59 Å². The monoisotopic (exact) mass is 217 g/mol. The molecule has 84 valence electrons. The van der Waals surface area contributed by atoms with Crippen LogP contribution in [0.5, 0.6) is 0 Å². The molecule has 1 aliphatic rings. The number of nitrogens with zero attached hydrogens (tertiary/aromatic N) is 1. The number of Topliss-reactive ketones (excluding diaryl/α,β-unsaturated/α-hetero) is 1. The van der Waals surface area contributed by atoms with Gasteiger partial charge in [-0.15, -0.1) is 0 Å². The largest absolute Gasteiger partial charge is 0.341 e. The zero-order chi connectivity index (χ0) is 11.5. The fourth-order valence-electron chi connectivity index (χ4n) is 2.10. The SMILES string of the molecule is CC(=O)N1CCC(=O)C(c2ccccc2)C1. The van der Waals surface area contributed by atoms with Gasteiger partial charge >= 0.3 is 0 Å². The van der Waals surface area contributed by atoms with Gasteiger partial charge in [0.05, 0.1) is 5.92 Å². The Labute approximate surface area is 95.1 Å². The van der Waals surface area contributed by atoms with E-state index in [4.69, 9.17) is 0 Å². The van der Waals surface area contributed by atoms with Gasteiger partial charge in [0.1, 0.15) is 5.78 Å². The molecule has 0 aromatic heterocycles. The molecule has 1 saturated heterocycles. The van der Waals surface area contributed by atoms with Gasteiger partial charge in [-0.05, 0) is 5.56 Å². The van der Waals surface area contributed by atoms with Crippen molar-refractivity contribution in [3.63, 3.8) is 0 Å². The molecule has 1 aromatic rings. The number of piperidine rings is 1. The Kier molecular flexibility index (Phi) is 3.04. The highest BCUT2D eigenvalue weighted by atomic mass is 16.2. The number of amides is 1. The number of carbonyl (C=O) groups is 2. The third kappa shape index (κ3) is 2.13. The summed E-state index contributed by atoms with van der Waals surface area (Å²) in [7, 11) is 0. The number of hydrogen-bond donors (Lipinski definition) is 0. The van der Waals surface area contributed by atoms with Gasteiger partial charge in [0.15, 0.2) is 0 Å². The van der Waals surface area contributed by atoms with Crippen LogP contribution in [-0.2, 0) is 9.59 Å². The zero-order valence-corrected chi connectivity index (χ0v) is 9.35. The van der Waals surface area contributed by atoms with E-state index in [0.29, 0.717) is 19.5 Å². The third-order valence-electron chi connectivity index (χ3n) is 3.07.